The van der Waals surface area contributed by atoms with Gasteiger partial charge in [-0.05, 0) is 49.9 Å². The van der Waals surface area contributed by atoms with Crippen molar-refractivity contribution < 1.29 is 14.7 Å². The van der Waals surface area contributed by atoms with Gasteiger partial charge >= 0.3 is 5.97 Å². The third kappa shape index (κ3) is 2.70. The van der Waals surface area contributed by atoms with Crippen molar-refractivity contribution >= 4 is 11.9 Å². The number of nitrogens with one attached hydrogen (secondary N) is 1. The molecular formula is C16H25NO3. The summed E-state index contributed by atoms with van der Waals surface area (Å²) in [5.74, 6) is 0.226. The predicted molar refractivity (Wildman–Crippen MR) is 75.1 cm³/mol. The van der Waals surface area contributed by atoms with E-state index in [0.29, 0.717) is 18.3 Å². The normalized spacial score (nSPS) is 37.0. The molecule has 0 radical (unpaired) electrons. The molecule has 3 rings (SSSR count). The van der Waals surface area contributed by atoms with Crippen molar-refractivity contribution in [3.8, 4) is 0 Å². The lowest BCUT2D eigenvalue weighted by atomic mass is 9.83. The van der Waals surface area contributed by atoms with E-state index in [4.69, 9.17) is 0 Å². The van der Waals surface area contributed by atoms with Gasteiger partial charge in [0.1, 0.15) is 0 Å². The van der Waals surface area contributed by atoms with Gasteiger partial charge in [0.05, 0.1) is 5.92 Å². The summed E-state index contributed by atoms with van der Waals surface area (Å²) in [6, 6.07) is -0.109. The van der Waals surface area contributed by atoms with E-state index in [-0.39, 0.29) is 23.8 Å². The monoisotopic (exact) mass is 279 g/mol. The number of carboxylic acids is 1. The maximum absolute atomic E-state index is 12.2. The summed E-state index contributed by atoms with van der Waals surface area (Å²) < 4.78 is 0. The number of rotatable bonds is 4. The van der Waals surface area contributed by atoms with E-state index in [1.807, 2.05) is 0 Å². The van der Waals surface area contributed by atoms with Crippen molar-refractivity contribution in [3.05, 3.63) is 0 Å². The molecule has 0 spiro atoms. The van der Waals surface area contributed by atoms with E-state index < -0.39 is 5.97 Å². The van der Waals surface area contributed by atoms with E-state index in [0.717, 1.165) is 32.1 Å². The molecule has 3 saturated carbocycles. The van der Waals surface area contributed by atoms with Gasteiger partial charge in [0.25, 0.3) is 0 Å². The molecule has 3 fully saturated rings. The van der Waals surface area contributed by atoms with Crippen molar-refractivity contribution in [2.45, 2.75) is 63.8 Å². The first-order chi connectivity index (χ1) is 9.65. The van der Waals surface area contributed by atoms with Crippen LogP contribution < -0.4 is 5.32 Å². The summed E-state index contributed by atoms with van der Waals surface area (Å²) >= 11 is 0. The molecule has 2 N–H and O–H groups in total. The van der Waals surface area contributed by atoms with Crippen LogP contribution in [-0.4, -0.2) is 23.0 Å². The van der Waals surface area contributed by atoms with Crippen molar-refractivity contribution in [1.29, 1.82) is 0 Å². The standard InChI is InChI=1S/C16H25NO3/c18-13(8-10-4-2-1-3-5-10)17-15-12-7-6-11(9-12)14(15)16(19)20/h10-12,14-15H,1-9H2,(H,17,18)(H,19,20). The van der Waals surface area contributed by atoms with Crippen molar-refractivity contribution in [1.82, 2.24) is 5.32 Å². The van der Waals surface area contributed by atoms with Crippen LogP contribution in [0.3, 0.4) is 0 Å². The van der Waals surface area contributed by atoms with Gasteiger partial charge in [-0.25, -0.2) is 0 Å². The lowest BCUT2D eigenvalue weighted by molar-refractivity contribution is -0.144. The van der Waals surface area contributed by atoms with E-state index in [2.05, 4.69) is 5.32 Å². The zero-order valence-corrected chi connectivity index (χ0v) is 12.0. The molecule has 1 amide bonds. The first kappa shape index (κ1) is 13.9. The van der Waals surface area contributed by atoms with Gasteiger partial charge in [0, 0.05) is 12.5 Å². The SMILES string of the molecule is O=C(CC1CCCCC1)NC1C2CCC(C2)C1C(=O)O. The Morgan fingerprint density at radius 1 is 1.00 bits per heavy atom. The number of carbonyl (C=O) groups is 2. The lowest BCUT2D eigenvalue weighted by Crippen LogP contribution is -2.47. The van der Waals surface area contributed by atoms with Gasteiger partial charge in [0.2, 0.25) is 5.91 Å². The average Bonchev–Trinajstić information content (AvgIpc) is 3.00. The van der Waals surface area contributed by atoms with Crippen LogP contribution >= 0.6 is 0 Å². The van der Waals surface area contributed by atoms with E-state index >= 15 is 0 Å². The summed E-state index contributed by atoms with van der Waals surface area (Å²) in [5.41, 5.74) is 0. The summed E-state index contributed by atoms with van der Waals surface area (Å²) in [7, 11) is 0. The fourth-order valence-electron chi connectivity index (χ4n) is 4.75. The van der Waals surface area contributed by atoms with Crippen LogP contribution in [0.4, 0.5) is 0 Å². The van der Waals surface area contributed by atoms with Crippen molar-refractivity contribution in [2.75, 3.05) is 0 Å². The summed E-state index contributed by atoms with van der Waals surface area (Å²) in [6.45, 7) is 0. The Kier molecular flexibility index (Phi) is 3.99. The number of amides is 1. The maximum atomic E-state index is 12.2. The zero-order chi connectivity index (χ0) is 14.1. The largest absolute Gasteiger partial charge is 0.481 e. The average molecular weight is 279 g/mol. The topological polar surface area (TPSA) is 66.4 Å². The number of aliphatic carboxylic acids is 1. The molecule has 0 heterocycles. The minimum atomic E-state index is -0.722. The highest BCUT2D eigenvalue weighted by Crippen LogP contribution is 2.48. The van der Waals surface area contributed by atoms with Crippen LogP contribution in [-0.2, 0) is 9.59 Å². The molecule has 0 aromatic carbocycles. The second-order valence-corrected chi connectivity index (χ2v) is 7.00. The summed E-state index contributed by atoms with van der Waals surface area (Å²) in [5, 5.41) is 12.5. The minimum absolute atomic E-state index is 0.0840. The Bertz CT molecular complexity index is 389. The molecule has 4 heteroatoms. The van der Waals surface area contributed by atoms with Gasteiger partial charge in [-0.3, -0.25) is 9.59 Å². The third-order valence-electron chi connectivity index (χ3n) is 5.73. The number of hydrogen-bond donors (Lipinski definition) is 2. The zero-order valence-electron chi connectivity index (χ0n) is 12.0. The van der Waals surface area contributed by atoms with Gasteiger partial charge in [-0.1, -0.05) is 19.3 Å². The lowest BCUT2D eigenvalue weighted by Gasteiger charge is -2.30. The number of carbonyl (C=O) groups excluding carboxylic acids is 1. The smallest absolute Gasteiger partial charge is 0.308 e. The van der Waals surface area contributed by atoms with Gasteiger partial charge in [-0.2, -0.15) is 0 Å². The van der Waals surface area contributed by atoms with Gasteiger partial charge in [0.15, 0.2) is 0 Å². The Hall–Kier alpha value is -1.06. The predicted octanol–water partition coefficient (Wildman–Crippen LogP) is 2.57. The van der Waals surface area contributed by atoms with Crippen molar-refractivity contribution in [2.24, 2.45) is 23.7 Å². The van der Waals surface area contributed by atoms with Crippen LogP contribution in [0.5, 0.6) is 0 Å². The van der Waals surface area contributed by atoms with Crippen LogP contribution in [0, 0.1) is 23.7 Å². The summed E-state index contributed by atoms with van der Waals surface area (Å²) in [6.07, 6.45) is 9.79. The fourth-order valence-corrected chi connectivity index (χ4v) is 4.75. The molecule has 4 nitrogen and oxygen atoms in total. The van der Waals surface area contributed by atoms with E-state index in [1.54, 1.807) is 0 Å². The fraction of sp³-hybridized carbons (Fsp3) is 0.875. The highest BCUT2D eigenvalue weighted by atomic mass is 16.4. The second kappa shape index (κ2) is 5.74. The number of carboxylic acid groups (broad SMARTS) is 1. The third-order valence-corrected chi connectivity index (χ3v) is 5.73. The second-order valence-electron chi connectivity index (χ2n) is 7.00. The Labute approximate surface area is 120 Å². The molecule has 3 aliphatic carbocycles. The molecule has 0 aliphatic heterocycles. The summed E-state index contributed by atoms with van der Waals surface area (Å²) in [4.78, 5) is 23.6. The molecule has 4 unspecified atom stereocenters. The van der Waals surface area contributed by atoms with Crippen molar-refractivity contribution in [3.63, 3.8) is 0 Å². The van der Waals surface area contributed by atoms with E-state index in [1.165, 1.54) is 19.3 Å². The minimum Gasteiger partial charge on any atom is -0.481 e. The first-order valence-electron chi connectivity index (χ1n) is 8.17. The van der Waals surface area contributed by atoms with Gasteiger partial charge < -0.3 is 10.4 Å². The number of hydrogen-bond acceptors (Lipinski definition) is 2. The molecule has 0 aromatic rings. The molecule has 112 valence electrons. The highest BCUT2D eigenvalue weighted by Gasteiger charge is 2.51. The quantitative estimate of drug-likeness (QED) is 0.831. The Balaban J connectivity index is 1.56. The van der Waals surface area contributed by atoms with Crippen LogP contribution in [0.15, 0.2) is 0 Å². The molecule has 0 saturated heterocycles. The Morgan fingerprint density at radius 3 is 2.40 bits per heavy atom. The molecule has 4 atom stereocenters. The van der Waals surface area contributed by atoms with Crippen LogP contribution in [0.25, 0.3) is 0 Å². The van der Waals surface area contributed by atoms with Crippen LogP contribution in [0.1, 0.15) is 57.8 Å². The van der Waals surface area contributed by atoms with Gasteiger partial charge in [-0.15, -0.1) is 0 Å². The maximum Gasteiger partial charge on any atom is 0.308 e. The molecule has 20 heavy (non-hydrogen) atoms. The number of fused-ring (bicyclic) bond motifs is 2. The molecule has 2 bridgehead atoms. The highest BCUT2D eigenvalue weighted by molar-refractivity contribution is 5.79. The first-order valence-corrected chi connectivity index (χ1v) is 8.17. The molecule has 3 aliphatic rings. The molecule has 0 aromatic heterocycles. The Morgan fingerprint density at radius 2 is 1.70 bits per heavy atom. The van der Waals surface area contributed by atoms with E-state index in [9.17, 15) is 14.7 Å². The molecular weight excluding hydrogens is 254 g/mol. The van der Waals surface area contributed by atoms with Crippen LogP contribution in [0.2, 0.25) is 0 Å².